The maximum Gasteiger partial charge on any atom is 0.353 e. The minimum absolute atomic E-state index is 0.0560. The summed E-state index contributed by atoms with van der Waals surface area (Å²) in [5, 5.41) is 9.11. The highest BCUT2D eigenvalue weighted by Gasteiger charge is 2.47. The van der Waals surface area contributed by atoms with Crippen LogP contribution in [0, 0.1) is 0 Å². The first-order valence-corrected chi connectivity index (χ1v) is 6.86. The third-order valence-corrected chi connectivity index (χ3v) is 4.37. The Labute approximate surface area is 96.1 Å². The highest BCUT2D eigenvalue weighted by atomic mass is 32.2. The molecule has 2 rings (SSSR count). The van der Waals surface area contributed by atoms with Gasteiger partial charge in [-0.3, -0.25) is 9.69 Å². The van der Waals surface area contributed by atoms with Crippen molar-refractivity contribution in [1.29, 1.82) is 0 Å². The fourth-order valence-electron chi connectivity index (χ4n) is 1.70. The van der Waals surface area contributed by atoms with Gasteiger partial charge in [0.1, 0.15) is 5.70 Å². The van der Waals surface area contributed by atoms with Gasteiger partial charge in [-0.1, -0.05) is 0 Å². The molecule has 0 radical (unpaired) electrons. The van der Waals surface area contributed by atoms with Crippen LogP contribution in [0.15, 0.2) is 10.6 Å². The molecule has 0 aromatic rings. The lowest BCUT2D eigenvalue weighted by Gasteiger charge is -2.33. The highest BCUT2D eigenvalue weighted by molar-refractivity contribution is 8.04. The smallest absolute Gasteiger partial charge is 0.353 e. The summed E-state index contributed by atoms with van der Waals surface area (Å²) in [6.07, 6.45) is 3.21. The molecule has 15 heavy (non-hydrogen) atoms. The van der Waals surface area contributed by atoms with Gasteiger partial charge in [-0.15, -0.1) is 11.8 Å². The summed E-state index contributed by atoms with van der Waals surface area (Å²) in [6, 6.07) is 0. The summed E-state index contributed by atoms with van der Waals surface area (Å²) in [6.45, 7) is 0. The Morgan fingerprint density at radius 1 is 1.73 bits per heavy atom. The van der Waals surface area contributed by atoms with Crippen molar-refractivity contribution in [3.63, 3.8) is 0 Å². The van der Waals surface area contributed by atoms with Gasteiger partial charge in [-0.05, 0) is 18.4 Å². The molecule has 1 amide bonds. The van der Waals surface area contributed by atoms with Gasteiger partial charge >= 0.3 is 5.97 Å². The molecule has 0 aliphatic carbocycles. The van der Waals surface area contributed by atoms with Crippen molar-refractivity contribution in [3.8, 4) is 0 Å². The second-order valence-electron chi connectivity index (χ2n) is 3.36. The van der Waals surface area contributed by atoms with E-state index in [2.05, 4.69) is 0 Å². The topological polar surface area (TPSA) is 57.6 Å². The number of carboxylic acids is 1. The number of fused-ring (bicyclic) bond motifs is 1. The van der Waals surface area contributed by atoms with E-state index in [0.29, 0.717) is 6.42 Å². The first kappa shape index (κ1) is 10.9. The maximum absolute atomic E-state index is 11.3. The summed E-state index contributed by atoms with van der Waals surface area (Å²) in [7, 11) is 0. The molecule has 0 spiro atoms. The van der Waals surface area contributed by atoms with E-state index in [1.807, 2.05) is 6.26 Å². The molecule has 0 bridgehead atoms. The van der Waals surface area contributed by atoms with Crippen molar-refractivity contribution >= 4 is 35.4 Å². The normalized spacial score (nSPS) is 24.2. The van der Waals surface area contributed by atoms with E-state index in [-0.39, 0.29) is 17.0 Å². The lowest BCUT2D eigenvalue weighted by molar-refractivity contribution is -0.145. The van der Waals surface area contributed by atoms with Crippen LogP contribution in [0.1, 0.15) is 12.8 Å². The number of carbonyl (C=O) groups excluding carboxylic acids is 1. The van der Waals surface area contributed by atoms with Crippen LogP contribution in [0.2, 0.25) is 0 Å². The number of rotatable bonds is 4. The van der Waals surface area contributed by atoms with Gasteiger partial charge in [0, 0.05) is 4.91 Å². The summed E-state index contributed by atoms with van der Waals surface area (Å²) in [4.78, 5) is 24.6. The second kappa shape index (κ2) is 4.09. The molecule has 2 heterocycles. The van der Waals surface area contributed by atoms with Gasteiger partial charge in [0.25, 0.3) is 0 Å². The predicted octanol–water partition coefficient (Wildman–Crippen LogP) is 1.34. The molecule has 1 saturated heterocycles. The Morgan fingerprint density at radius 3 is 3.00 bits per heavy atom. The molecular formula is C9H11NO3S2. The van der Waals surface area contributed by atoms with Crippen LogP contribution in [0.4, 0.5) is 0 Å². The number of aliphatic carboxylic acids is 1. The quantitative estimate of drug-likeness (QED) is 0.757. The van der Waals surface area contributed by atoms with E-state index in [4.69, 9.17) is 5.11 Å². The molecule has 0 aromatic heterocycles. The Balaban J connectivity index is 2.19. The number of amides is 1. The predicted molar refractivity (Wildman–Crippen MR) is 60.5 cm³/mol. The lowest BCUT2D eigenvalue weighted by atomic mass is 10.1. The van der Waals surface area contributed by atoms with Crippen molar-refractivity contribution in [2.45, 2.75) is 18.2 Å². The SMILES string of the molecule is CSCCC1=C(C(=O)O)N2C(=O)CC2S1. The number of nitrogens with zero attached hydrogens (tertiary/aromatic N) is 1. The van der Waals surface area contributed by atoms with Crippen LogP contribution in [0.5, 0.6) is 0 Å². The number of hydrogen-bond acceptors (Lipinski definition) is 4. The summed E-state index contributed by atoms with van der Waals surface area (Å²) in [5.74, 6) is -0.147. The molecule has 6 heteroatoms. The van der Waals surface area contributed by atoms with Gasteiger partial charge in [0.2, 0.25) is 5.91 Å². The minimum Gasteiger partial charge on any atom is -0.477 e. The molecule has 0 aromatic carbocycles. The molecule has 4 nitrogen and oxygen atoms in total. The molecule has 2 aliphatic heterocycles. The van der Waals surface area contributed by atoms with Crippen molar-refractivity contribution in [2.75, 3.05) is 12.0 Å². The van der Waals surface area contributed by atoms with Crippen molar-refractivity contribution < 1.29 is 14.7 Å². The van der Waals surface area contributed by atoms with Gasteiger partial charge in [0.05, 0.1) is 11.8 Å². The Morgan fingerprint density at radius 2 is 2.47 bits per heavy atom. The van der Waals surface area contributed by atoms with Gasteiger partial charge in [-0.25, -0.2) is 4.79 Å². The van der Waals surface area contributed by atoms with Gasteiger partial charge in [-0.2, -0.15) is 11.8 Å². The van der Waals surface area contributed by atoms with E-state index in [1.54, 1.807) is 11.8 Å². The molecule has 0 saturated carbocycles. The average Bonchev–Trinajstić information content (AvgIpc) is 2.47. The largest absolute Gasteiger partial charge is 0.477 e. The summed E-state index contributed by atoms with van der Waals surface area (Å²) >= 11 is 3.21. The third-order valence-electron chi connectivity index (χ3n) is 2.43. The van der Waals surface area contributed by atoms with E-state index in [9.17, 15) is 9.59 Å². The van der Waals surface area contributed by atoms with E-state index in [0.717, 1.165) is 17.1 Å². The first-order valence-electron chi connectivity index (χ1n) is 4.59. The fraction of sp³-hybridized carbons (Fsp3) is 0.556. The molecule has 1 N–H and O–H groups in total. The zero-order chi connectivity index (χ0) is 11.0. The highest BCUT2D eigenvalue weighted by Crippen LogP contribution is 2.47. The van der Waals surface area contributed by atoms with Crippen LogP contribution in [0.3, 0.4) is 0 Å². The Kier molecular flexibility index (Phi) is 2.97. The Hall–Kier alpha value is -0.620. The van der Waals surface area contributed by atoms with Crippen LogP contribution in [0.25, 0.3) is 0 Å². The number of hydrogen-bond donors (Lipinski definition) is 1. The molecular weight excluding hydrogens is 234 g/mol. The number of thioether (sulfide) groups is 2. The molecule has 1 fully saturated rings. The summed E-state index contributed by atoms with van der Waals surface area (Å²) in [5.41, 5.74) is 0.218. The van der Waals surface area contributed by atoms with E-state index >= 15 is 0 Å². The molecule has 2 aliphatic rings. The molecule has 82 valence electrons. The third kappa shape index (κ3) is 1.76. The van der Waals surface area contributed by atoms with Crippen LogP contribution in [-0.2, 0) is 9.59 Å². The van der Waals surface area contributed by atoms with Crippen LogP contribution < -0.4 is 0 Å². The van der Waals surface area contributed by atoms with Gasteiger partial charge < -0.3 is 5.11 Å². The number of carboxylic acid groups (broad SMARTS) is 1. The van der Waals surface area contributed by atoms with Crippen molar-refractivity contribution in [1.82, 2.24) is 4.90 Å². The molecule has 1 unspecified atom stereocenters. The van der Waals surface area contributed by atoms with Crippen molar-refractivity contribution in [3.05, 3.63) is 10.6 Å². The zero-order valence-electron chi connectivity index (χ0n) is 8.23. The monoisotopic (exact) mass is 245 g/mol. The van der Waals surface area contributed by atoms with E-state index in [1.165, 1.54) is 16.7 Å². The second-order valence-corrected chi connectivity index (χ2v) is 5.62. The number of carbonyl (C=O) groups is 2. The summed E-state index contributed by atoms with van der Waals surface area (Å²) < 4.78 is 0. The maximum atomic E-state index is 11.3. The lowest BCUT2D eigenvalue weighted by Crippen LogP contribution is -2.48. The van der Waals surface area contributed by atoms with Crippen molar-refractivity contribution in [2.24, 2.45) is 0 Å². The van der Waals surface area contributed by atoms with Gasteiger partial charge in [0.15, 0.2) is 0 Å². The first-order chi connectivity index (χ1) is 7.15. The molecule has 1 atom stereocenters. The Bertz CT molecular complexity index is 353. The fourth-order valence-corrected chi connectivity index (χ4v) is 3.64. The standard InChI is InChI=1S/C9H11NO3S2/c1-14-3-2-5-8(9(12)13)10-6(11)4-7(10)15-5/h7H,2-4H2,1H3,(H,12,13). The van der Waals surface area contributed by atoms with Crippen LogP contribution >= 0.6 is 23.5 Å². The van der Waals surface area contributed by atoms with E-state index < -0.39 is 5.97 Å². The average molecular weight is 245 g/mol. The zero-order valence-corrected chi connectivity index (χ0v) is 9.86. The number of β-lactam (4-membered cyclic amide) rings is 1. The minimum atomic E-state index is -0.978. The number of allylic oxidation sites excluding steroid dienone is 1. The van der Waals surface area contributed by atoms with Crippen LogP contribution in [-0.4, -0.2) is 39.3 Å².